The molecule has 2 N–H and O–H groups in total. The normalized spacial score (nSPS) is 22.6. The zero-order valence-corrected chi connectivity index (χ0v) is 12.0. The van der Waals surface area contributed by atoms with Crippen LogP contribution in [0.1, 0.15) is 41.5 Å². The highest BCUT2D eigenvalue weighted by molar-refractivity contribution is 7.11. The van der Waals surface area contributed by atoms with E-state index in [2.05, 4.69) is 10.3 Å². The maximum atomic E-state index is 9.35. The van der Waals surface area contributed by atoms with Crippen molar-refractivity contribution < 1.29 is 9.84 Å². The topological polar surface area (TPSA) is 54.4 Å². The Morgan fingerprint density at radius 3 is 2.84 bits per heavy atom. The SMILES string of the molecule is OCC1(CNCc2cnc(C3CCCC3)s2)COC1. The molecule has 2 fully saturated rings. The first-order valence-corrected chi connectivity index (χ1v) is 7.97. The second kappa shape index (κ2) is 5.87. The van der Waals surface area contributed by atoms with E-state index in [0.717, 1.165) is 13.1 Å². The molecule has 1 saturated carbocycles. The van der Waals surface area contributed by atoms with Crippen molar-refractivity contribution in [3.63, 3.8) is 0 Å². The van der Waals surface area contributed by atoms with E-state index in [1.807, 2.05) is 17.5 Å². The molecule has 19 heavy (non-hydrogen) atoms. The predicted octanol–water partition coefficient (Wildman–Crippen LogP) is 1.90. The lowest BCUT2D eigenvalue weighted by atomic mass is 9.87. The smallest absolute Gasteiger partial charge is 0.0959 e. The molecule has 0 aromatic carbocycles. The van der Waals surface area contributed by atoms with Gasteiger partial charge in [0.05, 0.1) is 30.2 Å². The fourth-order valence-electron chi connectivity index (χ4n) is 2.86. The van der Waals surface area contributed by atoms with Crippen LogP contribution in [0.15, 0.2) is 6.20 Å². The van der Waals surface area contributed by atoms with E-state index in [9.17, 15) is 5.11 Å². The molecule has 1 aromatic heterocycles. The number of aliphatic hydroxyl groups excluding tert-OH is 1. The predicted molar refractivity (Wildman–Crippen MR) is 75.4 cm³/mol. The molecule has 1 aliphatic carbocycles. The Kier molecular flexibility index (Phi) is 4.17. The van der Waals surface area contributed by atoms with Gasteiger partial charge in [-0.1, -0.05) is 12.8 Å². The number of nitrogens with one attached hydrogen (secondary N) is 1. The van der Waals surface area contributed by atoms with Gasteiger partial charge in [0.1, 0.15) is 0 Å². The first-order chi connectivity index (χ1) is 9.31. The standard InChI is InChI=1S/C14H22N2O2S/c17-8-14(9-18-10-14)7-15-5-12-6-16-13(19-12)11-3-1-2-4-11/h6,11,15,17H,1-5,7-10H2. The van der Waals surface area contributed by atoms with Crippen LogP contribution in [0.2, 0.25) is 0 Å². The maximum Gasteiger partial charge on any atom is 0.0959 e. The van der Waals surface area contributed by atoms with Gasteiger partial charge in [-0.05, 0) is 12.8 Å². The van der Waals surface area contributed by atoms with Gasteiger partial charge in [-0.15, -0.1) is 11.3 Å². The maximum absolute atomic E-state index is 9.35. The molecule has 0 atom stereocenters. The largest absolute Gasteiger partial charge is 0.396 e. The van der Waals surface area contributed by atoms with Gasteiger partial charge in [-0.25, -0.2) is 4.98 Å². The summed E-state index contributed by atoms with van der Waals surface area (Å²) in [6.07, 6.45) is 7.35. The Hall–Kier alpha value is -0.490. The Morgan fingerprint density at radius 2 is 2.21 bits per heavy atom. The van der Waals surface area contributed by atoms with Crippen molar-refractivity contribution >= 4 is 11.3 Å². The molecule has 1 aromatic rings. The van der Waals surface area contributed by atoms with Crippen LogP contribution in [0.25, 0.3) is 0 Å². The van der Waals surface area contributed by atoms with Crippen LogP contribution < -0.4 is 5.32 Å². The molecule has 0 radical (unpaired) electrons. The summed E-state index contributed by atoms with van der Waals surface area (Å²) in [5, 5.41) is 14.1. The highest BCUT2D eigenvalue weighted by atomic mass is 32.1. The molecule has 0 spiro atoms. The van der Waals surface area contributed by atoms with Gasteiger partial charge < -0.3 is 15.2 Å². The van der Waals surface area contributed by atoms with Crippen molar-refractivity contribution in [1.29, 1.82) is 0 Å². The molecule has 1 aliphatic heterocycles. The van der Waals surface area contributed by atoms with Gasteiger partial charge >= 0.3 is 0 Å². The van der Waals surface area contributed by atoms with Crippen LogP contribution in [-0.4, -0.2) is 36.5 Å². The van der Waals surface area contributed by atoms with E-state index >= 15 is 0 Å². The van der Waals surface area contributed by atoms with Crippen molar-refractivity contribution in [1.82, 2.24) is 10.3 Å². The molecule has 0 bridgehead atoms. The average molecular weight is 282 g/mol. The molecule has 0 amide bonds. The van der Waals surface area contributed by atoms with Gasteiger partial charge in [-0.3, -0.25) is 0 Å². The highest BCUT2D eigenvalue weighted by Crippen LogP contribution is 2.36. The van der Waals surface area contributed by atoms with E-state index in [4.69, 9.17) is 4.74 Å². The lowest BCUT2D eigenvalue weighted by molar-refractivity contribution is -0.134. The lowest BCUT2D eigenvalue weighted by Gasteiger charge is -2.39. The van der Waals surface area contributed by atoms with Crippen molar-refractivity contribution in [2.45, 2.75) is 38.1 Å². The molecule has 1 saturated heterocycles. The quantitative estimate of drug-likeness (QED) is 0.837. The summed E-state index contributed by atoms with van der Waals surface area (Å²) in [4.78, 5) is 5.87. The highest BCUT2D eigenvalue weighted by Gasteiger charge is 2.37. The summed E-state index contributed by atoms with van der Waals surface area (Å²) in [7, 11) is 0. The van der Waals surface area contributed by atoms with Crippen LogP contribution in [0.5, 0.6) is 0 Å². The van der Waals surface area contributed by atoms with E-state index < -0.39 is 0 Å². The number of aromatic nitrogens is 1. The number of aliphatic hydroxyl groups is 1. The van der Waals surface area contributed by atoms with E-state index in [-0.39, 0.29) is 12.0 Å². The summed E-state index contributed by atoms with van der Waals surface area (Å²) in [5.41, 5.74) is -0.0427. The number of hydrogen-bond acceptors (Lipinski definition) is 5. The molecule has 3 rings (SSSR count). The molecule has 106 valence electrons. The number of hydrogen-bond donors (Lipinski definition) is 2. The summed E-state index contributed by atoms with van der Waals surface area (Å²) < 4.78 is 5.19. The molecular weight excluding hydrogens is 260 g/mol. The number of ether oxygens (including phenoxy) is 1. The first kappa shape index (κ1) is 13.5. The second-order valence-corrected chi connectivity index (χ2v) is 7.05. The number of rotatable bonds is 6. The van der Waals surface area contributed by atoms with Gasteiger partial charge in [0.25, 0.3) is 0 Å². The minimum absolute atomic E-state index is 0.0427. The Labute approximate surface area is 118 Å². The summed E-state index contributed by atoms with van der Waals surface area (Å²) in [5.74, 6) is 0.711. The third-order valence-electron chi connectivity index (χ3n) is 4.23. The Bertz CT molecular complexity index is 406. The summed E-state index contributed by atoms with van der Waals surface area (Å²) in [6.45, 7) is 3.22. The molecule has 2 aliphatic rings. The fourth-order valence-corrected chi connectivity index (χ4v) is 3.91. The van der Waals surface area contributed by atoms with Crippen LogP contribution >= 0.6 is 11.3 Å². The molecule has 5 heteroatoms. The van der Waals surface area contributed by atoms with Crippen molar-refractivity contribution in [2.75, 3.05) is 26.4 Å². The summed E-state index contributed by atoms with van der Waals surface area (Å²) >= 11 is 1.85. The van der Waals surface area contributed by atoms with E-state index in [1.54, 1.807) is 0 Å². The van der Waals surface area contributed by atoms with Crippen molar-refractivity contribution in [2.24, 2.45) is 5.41 Å². The van der Waals surface area contributed by atoms with Crippen LogP contribution in [0.4, 0.5) is 0 Å². The van der Waals surface area contributed by atoms with Gasteiger partial charge in [-0.2, -0.15) is 0 Å². The fraction of sp³-hybridized carbons (Fsp3) is 0.786. The second-order valence-electron chi connectivity index (χ2n) is 5.90. The zero-order valence-electron chi connectivity index (χ0n) is 11.2. The third-order valence-corrected chi connectivity index (χ3v) is 5.39. The third kappa shape index (κ3) is 2.99. The van der Waals surface area contributed by atoms with Crippen molar-refractivity contribution in [3.8, 4) is 0 Å². The monoisotopic (exact) mass is 282 g/mol. The Balaban J connectivity index is 1.47. The van der Waals surface area contributed by atoms with Gasteiger partial charge in [0.15, 0.2) is 0 Å². The minimum Gasteiger partial charge on any atom is -0.396 e. The van der Waals surface area contributed by atoms with E-state index in [0.29, 0.717) is 19.1 Å². The average Bonchev–Trinajstić information content (AvgIpc) is 3.02. The number of thiazole rings is 1. The molecular formula is C14H22N2O2S. The van der Waals surface area contributed by atoms with Crippen LogP contribution in [-0.2, 0) is 11.3 Å². The van der Waals surface area contributed by atoms with Gasteiger partial charge in [0.2, 0.25) is 0 Å². The number of nitrogens with zero attached hydrogens (tertiary/aromatic N) is 1. The molecule has 0 unspecified atom stereocenters. The molecule has 2 heterocycles. The van der Waals surface area contributed by atoms with E-state index in [1.165, 1.54) is 35.6 Å². The minimum atomic E-state index is -0.0427. The van der Waals surface area contributed by atoms with Gasteiger partial charge in [0, 0.05) is 30.1 Å². The lowest BCUT2D eigenvalue weighted by Crippen LogP contribution is -2.52. The van der Waals surface area contributed by atoms with Crippen LogP contribution in [0, 0.1) is 5.41 Å². The van der Waals surface area contributed by atoms with Crippen molar-refractivity contribution in [3.05, 3.63) is 16.1 Å². The first-order valence-electron chi connectivity index (χ1n) is 7.15. The molecule has 4 nitrogen and oxygen atoms in total. The Morgan fingerprint density at radius 1 is 1.42 bits per heavy atom. The van der Waals surface area contributed by atoms with Crippen LogP contribution in [0.3, 0.4) is 0 Å². The zero-order chi connectivity index (χ0) is 13.1. The summed E-state index contributed by atoms with van der Waals surface area (Å²) in [6, 6.07) is 0.